The molecule has 0 heterocycles. The van der Waals surface area contributed by atoms with Crippen LogP contribution in [0.1, 0.15) is 32.3 Å². The largest absolute Gasteiger partial charge is 0.462 e. The SMILES string of the molecule is CC(=O)OC/C=C\CC(CCc1ccccc1)OC(C)=O. The molecular formula is C17H22O4. The standard InChI is InChI=1S/C17H22O4/c1-14(18)20-13-7-6-10-17(21-15(2)19)12-11-16-8-4-3-5-9-16/h3-9,17H,10-13H2,1-2H3/b7-6-. The maximum Gasteiger partial charge on any atom is 0.302 e. The smallest absolute Gasteiger partial charge is 0.302 e. The van der Waals surface area contributed by atoms with Gasteiger partial charge >= 0.3 is 11.9 Å². The zero-order chi connectivity index (χ0) is 15.5. The van der Waals surface area contributed by atoms with Crippen molar-refractivity contribution in [3.63, 3.8) is 0 Å². The van der Waals surface area contributed by atoms with Crippen LogP contribution in [0.4, 0.5) is 0 Å². The summed E-state index contributed by atoms with van der Waals surface area (Å²) in [4.78, 5) is 21.7. The molecule has 0 bridgehead atoms. The van der Waals surface area contributed by atoms with Crippen molar-refractivity contribution in [2.24, 2.45) is 0 Å². The van der Waals surface area contributed by atoms with Crippen molar-refractivity contribution in [1.29, 1.82) is 0 Å². The summed E-state index contributed by atoms with van der Waals surface area (Å²) in [6, 6.07) is 10.1. The first-order valence-electron chi connectivity index (χ1n) is 7.07. The first-order valence-corrected chi connectivity index (χ1v) is 7.07. The van der Waals surface area contributed by atoms with Crippen molar-refractivity contribution in [1.82, 2.24) is 0 Å². The lowest BCUT2D eigenvalue weighted by Crippen LogP contribution is -2.16. The monoisotopic (exact) mass is 290 g/mol. The number of carbonyl (C=O) groups excluding carboxylic acids is 2. The average molecular weight is 290 g/mol. The fraction of sp³-hybridized carbons (Fsp3) is 0.412. The normalized spacial score (nSPS) is 12.1. The summed E-state index contributed by atoms with van der Waals surface area (Å²) in [6.45, 7) is 3.04. The van der Waals surface area contributed by atoms with E-state index >= 15 is 0 Å². The zero-order valence-electron chi connectivity index (χ0n) is 12.6. The van der Waals surface area contributed by atoms with E-state index in [1.54, 1.807) is 6.08 Å². The van der Waals surface area contributed by atoms with Crippen LogP contribution in [-0.2, 0) is 25.5 Å². The summed E-state index contributed by atoms with van der Waals surface area (Å²) in [5.41, 5.74) is 1.22. The summed E-state index contributed by atoms with van der Waals surface area (Å²) in [6.07, 6.45) is 5.73. The highest BCUT2D eigenvalue weighted by Gasteiger charge is 2.10. The molecule has 0 amide bonds. The van der Waals surface area contributed by atoms with E-state index in [1.165, 1.54) is 19.4 Å². The summed E-state index contributed by atoms with van der Waals surface area (Å²) >= 11 is 0. The maximum absolute atomic E-state index is 11.1. The number of hydrogen-bond acceptors (Lipinski definition) is 4. The van der Waals surface area contributed by atoms with E-state index in [4.69, 9.17) is 9.47 Å². The maximum atomic E-state index is 11.1. The van der Waals surface area contributed by atoms with Gasteiger partial charge in [-0.15, -0.1) is 0 Å². The number of ether oxygens (including phenoxy) is 2. The first kappa shape index (κ1) is 17.0. The average Bonchev–Trinajstić information content (AvgIpc) is 2.44. The Bertz CT molecular complexity index is 465. The molecule has 0 spiro atoms. The molecule has 0 aliphatic heterocycles. The second kappa shape index (κ2) is 9.75. The third-order valence-corrected chi connectivity index (χ3v) is 2.88. The Balaban J connectivity index is 2.40. The van der Waals surface area contributed by atoms with Crippen LogP contribution in [0.15, 0.2) is 42.5 Å². The molecule has 0 saturated heterocycles. The van der Waals surface area contributed by atoms with Crippen LogP contribution in [0.2, 0.25) is 0 Å². The summed E-state index contributed by atoms with van der Waals surface area (Å²) in [7, 11) is 0. The zero-order valence-corrected chi connectivity index (χ0v) is 12.6. The molecule has 1 atom stereocenters. The van der Waals surface area contributed by atoms with Crippen LogP contribution in [-0.4, -0.2) is 24.6 Å². The van der Waals surface area contributed by atoms with Crippen molar-refractivity contribution >= 4 is 11.9 Å². The van der Waals surface area contributed by atoms with Crippen LogP contribution in [0.3, 0.4) is 0 Å². The van der Waals surface area contributed by atoms with Crippen LogP contribution in [0.5, 0.6) is 0 Å². The minimum atomic E-state index is -0.305. The topological polar surface area (TPSA) is 52.6 Å². The van der Waals surface area contributed by atoms with Gasteiger partial charge in [0.15, 0.2) is 0 Å². The number of benzene rings is 1. The Morgan fingerprint density at radius 2 is 1.81 bits per heavy atom. The molecule has 0 fully saturated rings. The van der Waals surface area contributed by atoms with Gasteiger partial charge in [0.25, 0.3) is 0 Å². The molecule has 0 N–H and O–H groups in total. The van der Waals surface area contributed by atoms with Crippen molar-refractivity contribution in [3.05, 3.63) is 48.0 Å². The third kappa shape index (κ3) is 8.63. The molecule has 114 valence electrons. The summed E-state index contributed by atoms with van der Waals surface area (Å²) in [5, 5.41) is 0. The third-order valence-electron chi connectivity index (χ3n) is 2.88. The van der Waals surface area contributed by atoms with Gasteiger partial charge in [0, 0.05) is 20.3 Å². The number of carbonyl (C=O) groups is 2. The van der Waals surface area contributed by atoms with Gasteiger partial charge in [-0.05, 0) is 18.4 Å². The van der Waals surface area contributed by atoms with Crippen LogP contribution in [0, 0.1) is 0 Å². The van der Waals surface area contributed by atoms with E-state index < -0.39 is 0 Å². The Hall–Kier alpha value is -2.10. The summed E-state index contributed by atoms with van der Waals surface area (Å²) in [5.74, 6) is -0.582. The molecule has 1 aromatic rings. The molecule has 21 heavy (non-hydrogen) atoms. The molecule has 0 aliphatic carbocycles. The van der Waals surface area contributed by atoms with Crippen LogP contribution >= 0.6 is 0 Å². The predicted octanol–water partition coefficient (Wildman–Crippen LogP) is 3.06. The second-order valence-electron chi connectivity index (χ2n) is 4.77. The molecule has 4 heteroatoms. The van der Waals surface area contributed by atoms with Crippen molar-refractivity contribution < 1.29 is 19.1 Å². The van der Waals surface area contributed by atoms with Crippen molar-refractivity contribution in [2.45, 2.75) is 39.2 Å². The van der Waals surface area contributed by atoms with Gasteiger partial charge in [0.05, 0.1) is 0 Å². The van der Waals surface area contributed by atoms with Crippen molar-refractivity contribution in [2.75, 3.05) is 6.61 Å². The molecule has 0 aliphatic rings. The quantitative estimate of drug-likeness (QED) is 0.545. The van der Waals surface area contributed by atoms with E-state index in [9.17, 15) is 9.59 Å². The highest BCUT2D eigenvalue weighted by atomic mass is 16.5. The molecular weight excluding hydrogens is 268 g/mol. The van der Waals surface area contributed by atoms with Gasteiger partial charge in [0.2, 0.25) is 0 Å². The van der Waals surface area contributed by atoms with Crippen LogP contribution in [0.25, 0.3) is 0 Å². The number of hydrogen-bond donors (Lipinski definition) is 0. The molecule has 0 aromatic heterocycles. The highest BCUT2D eigenvalue weighted by Crippen LogP contribution is 2.11. The Labute approximate surface area is 125 Å². The van der Waals surface area contributed by atoms with Gasteiger partial charge in [-0.1, -0.05) is 42.5 Å². The van der Waals surface area contributed by atoms with E-state index in [2.05, 4.69) is 12.1 Å². The van der Waals surface area contributed by atoms with Gasteiger partial charge in [-0.3, -0.25) is 9.59 Å². The second-order valence-corrected chi connectivity index (χ2v) is 4.77. The lowest BCUT2D eigenvalue weighted by atomic mass is 10.0. The summed E-state index contributed by atoms with van der Waals surface area (Å²) < 4.78 is 10.1. The van der Waals surface area contributed by atoms with Gasteiger partial charge in [-0.2, -0.15) is 0 Å². The molecule has 4 nitrogen and oxygen atoms in total. The molecule has 0 radical (unpaired) electrons. The van der Waals surface area contributed by atoms with Crippen LogP contribution < -0.4 is 0 Å². The molecule has 1 unspecified atom stereocenters. The van der Waals surface area contributed by atoms with E-state index in [1.807, 2.05) is 24.3 Å². The van der Waals surface area contributed by atoms with Gasteiger partial charge in [0.1, 0.15) is 12.7 Å². The van der Waals surface area contributed by atoms with Gasteiger partial charge < -0.3 is 9.47 Å². The van der Waals surface area contributed by atoms with E-state index in [-0.39, 0.29) is 24.6 Å². The lowest BCUT2D eigenvalue weighted by molar-refractivity contribution is -0.146. The molecule has 0 saturated carbocycles. The minimum absolute atomic E-state index is 0.156. The first-order chi connectivity index (χ1) is 10.1. The number of esters is 2. The molecule has 1 rings (SSSR count). The predicted molar refractivity (Wildman–Crippen MR) is 80.7 cm³/mol. The minimum Gasteiger partial charge on any atom is -0.462 e. The Morgan fingerprint density at radius 1 is 1.10 bits per heavy atom. The fourth-order valence-electron chi connectivity index (χ4n) is 1.91. The lowest BCUT2D eigenvalue weighted by Gasteiger charge is -2.15. The van der Waals surface area contributed by atoms with E-state index in [0.29, 0.717) is 6.42 Å². The number of aryl methyl sites for hydroxylation is 1. The van der Waals surface area contributed by atoms with Crippen molar-refractivity contribution in [3.8, 4) is 0 Å². The Kier molecular flexibility index (Phi) is 7.87. The van der Waals surface area contributed by atoms with E-state index in [0.717, 1.165) is 12.8 Å². The number of rotatable bonds is 8. The van der Waals surface area contributed by atoms with Gasteiger partial charge in [-0.25, -0.2) is 0 Å². The Morgan fingerprint density at radius 3 is 2.43 bits per heavy atom. The fourth-order valence-corrected chi connectivity index (χ4v) is 1.91. The highest BCUT2D eigenvalue weighted by molar-refractivity contribution is 5.66. The molecule has 1 aromatic carbocycles.